The van der Waals surface area contributed by atoms with Gasteiger partial charge in [-0.1, -0.05) is 44.2 Å². The molecule has 3 heteroatoms. The molecule has 0 aromatic heterocycles. The van der Waals surface area contributed by atoms with E-state index in [1.807, 2.05) is 12.1 Å². The zero-order chi connectivity index (χ0) is 12.9. The van der Waals surface area contributed by atoms with E-state index in [4.69, 9.17) is 10.7 Å². The molecular formula is C14H20N2Si. The maximum atomic E-state index is 8.70. The normalized spacial score (nSPS) is 10.9. The fourth-order valence-electron chi connectivity index (χ4n) is 1.69. The molecular weight excluding hydrogens is 224 g/mol. The molecule has 0 aliphatic rings. The van der Waals surface area contributed by atoms with Gasteiger partial charge in [0.1, 0.15) is 0 Å². The molecule has 0 atom stereocenters. The van der Waals surface area contributed by atoms with Crippen molar-refractivity contribution in [2.24, 2.45) is 0 Å². The Hall–Kier alpha value is -1.40. The summed E-state index contributed by atoms with van der Waals surface area (Å²) < 4.78 is 0. The van der Waals surface area contributed by atoms with Crippen molar-refractivity contribution in [2.45, 2.75) is 38.5 Å². The van der Waals surface area contributed by atoms with Crippen molar-refractivity contribution in [3.8, 4) is 6.07 Å². The van der Waals surface area contributed by atoms with Crippen LogP contribution in [0.15, 0.2) is 24.3 Å². The highest BCUT2D eigenvalue weighted by Crippen LogP contribution is 2.15. The van der Waals surface area contributed by atoms with Gasteiger partial charge in [0, 0.05) is 13.8 Å². The molecule has 17 heavy (non-hydrogen) atoms. The minimum Gasteiger partial charge on any atom is -0.305 e. The largest absolute Gasteiger partial charge is 0.305 e. The van der Waals surface area contributed by atoms with E-state index in [0.29, 0.717) is 11.3 Å². The predicted molar refractivity (Wildman–Crippen MR) is 75.4 cm³/mol. The molecule has 1 N–H and O–H groups in total. The van der Waals surface area contributed by atoms with Crippen molar-refractivity contribution in [3.63, 3.8) is 0 Å². The van der Waals surface area contributed by atoms with Crippen LogP contribution in [-0.2, 0) is 0 Å². The molecule has 0 heterocycles. The van der Waals surface area contributed by atoms with Gasteiger partial charge in [-0.3, -0.25) is 0 Å². The Labute approximate surface area is 105 Å². The number of nitrogens with one attached hydrogen (secondary N) is 1. The standard InChI is InChI=1S/C14H20N2Si/c1-17(2,3)10-4-5-14(16)13-8-6-12(11-15)7-9-13/h6-9,16H,4-5,10H2,1-3H3. The highest BCUT2D eigenvalue weighted by molar-refractivity contribution is 6.76. The van der Waals surface area contributed by atoms with Gasteiger partial charge in [0.15, 0.2) is 0 Å². The molecule has 1 rings (SSSR count). The number of nitriles is 1. The van der Waals surface area contributed by atoms with Gasteiger partial charge in [-0.15, -0.1) is 0 Å². The number of benzene rings is 1. The molecule has 2 nitrogen and oxygen atoms in total. The van der Waals surface area contributed by atoms with Gasteiger partial charge in [-0.05, 0) is 24.1 Å². The second kappa shape index (κ2) is 5.79. The number of hydrogen-bond acceptors (Lipinski definition) is 2. The molecule has 90 valence electrons. The van der Waals surface area contributed by atoms with Crippen LogP contribution in [0.4, 0.5) is 0 Å². The quantitative estimate of drug-likeness (QED) is 0.616. The molecule has 0 fully saturated rings. The van der Waals surface area contributed by atoms with E-state index < -0.39 is 8.07 Å². The summed E-state index contributed by atoms with van der Waals surface area (Å²) in [5.74, 6) is 0. The maximum Gasteiger partial charge on any atom is 0.0991 e. The van der Waals surface area contributed by atoms with Crippen molar-refractivity contribution >= 4 is 13.8 Å². The lowest BCUT2D eigenvalue weighted by Crippen LogP contribution is -2.19. The lowest BCUT2D eigenvalue weighted by Gasteiger charge is -2.15. The Balaban J connectivity index is 2.50. The summed E-state index contributed by atoms with van der Waals surface area (Å²) in [5, 5.41) is 16.7. The van der Waals surface area contributed by atoms with Crippen LogP contribution in [0.3, 0.4) is 0 Å². The topological polar surface area (TPSA) is 47.6 Å². The lowest BCUT2D eigenvalue weighted by molar-refractivity contribution is 0.960. The third-order valence-corrected chi connectivity index (χ3v) is 4.57. The number of nitrogens with zero attached hydrogens (tertiary/aromatic N) is 1. The van der Waals surface area contributed by atoms with Crippen LogP contribution in [0.1, 0.15) is 24.0 Å². The van der Waals surface area contributed by atoms with Crippen LogP contribution in [0.25, 0.3) is 0 Å². The first kappa shape index (κ1) is 13.7. The number of hydrogen-bond donors (Lipinski definition) is 1. The van der Waals surface area contributed by atoms with E-state index >= 15 is 0 Å². The Bertz CT molecular complexity index is 421. The first-order valence-electron chi connectivity index (χ1n) is 6.00. The summed E-state index contributed by atoms with van der Waals surface area (Å²) in [6.45, 7) is 7.08. The average Bonchev–Trinajstić information content (AvgIpc) is 2.27. The molecule has 0 aliphatic heterocycles. The summed E-state index contributed by atoms with van der Waals surface area (Å²) in [5.41, 5.74) is 2.29. The van der Waals surface area contributed by atoms with E-state index in [2.05, 4.69) is 25.7 Å². The summed E-state index contributed by atoms with van der Waals surface area (Å²) in [4.78, 5) is 0. The Morgan fingerprint density at radius 2 is 1.82 bits per heavy atom. The van der Waals surface area contributed by atoms with Crippen molar-refractivity contribution in [2.75, 3.05) is 0 Å². The Morgan fingerprint density at radius 1 is 1.24 bits per heavy atom. The smallest absolute Gasteiger partial charge is 0.0991 e. The molecule has 0 unspecified atom stereocenters. The van der Waals surface area contributed by atoms with E-state index in [1.165, 1.54) is 6.04 Å². The third kappa shape index (κ3) is 4.97. The second-order valence-electron chi connectivity index (χ2n) is 5.58. The molecule has 1 aromatic carbocycles. The predicted octanol–water partition coefficient (Wildman–Crippen LogP) is 4.04. The van der Waals surface area contributed by atoms with Crippen molar-refractivity contribution < 1.29 is 0 Å². The van der Waals surface area contributed by atoms with Crippen LogP contribution in [-0.4, -0.2) is 13.8 Å². The first-order chi connectivity index (χ1) is 7.92. The van der Waals surface area contributed by atoms with Crippen LogP contribution in [0, 0.1) is 16.7 Å². The SMILES string of the molecule is C[Si](C)(C)CCCC(=N)c1ccc(C#N)cc1. The highest BCUT2D eigenvalue weighted by Gasteiger charge is 2.12. The molecule has 0 saturated heterocycles. The molecule has 0 amide bonds. The van der Waals surface area contributed by atoms with Gasteiger partial charge in [0.05, 0.1) is 11.6 Å². The van der Waals surface area contributed by atoms with E-state index in [0.717, 1.165) is 18.4 Å². The van der Waals surface area contributed by atoms with Gasteiger partial charge in [-0.25, -0.2) is 0 Å². The lowest BCUT2D eigenvalue weighted by atomic mass is 10.0. The van der Waals surface area contributed by atoms with Gasteiger partial charge in [-0.2, -0.15) is 5.26 Å². The molecule has 0 radical (unpaired) electrons. The van der Waals surface area contributed by atoms with Crippen molar-refractivity contribution in [1.82, 2.24) is 0 Å². The van der Waals surface area contributed by atoms with Crippen LogP contribution >= 0.6 is 0 Å². The zero-order valence-electron chi connectivity index (χ0n) is 10.9. The molecule has 0 aliphatic carbocycles. The minimum atomic E-state index is -0.979. The Kier molecular flexibility index (Phi) is 4.65. The van der Waals surface area contributed by atoms with Crippen molar-refractivity contribution in [3.05, 3.63) is 35.4 Å². The van der Waals surface area contributed by atoms with E-state index in [-0.39, 0.29) is 0 Å². The zero-order valence-corrected chi connectivity index (χ0v) is 11.9. The first-order valence-corrected chi connectivity index (χ1v) is 9.71. The van der Waals surface area contributed by atoms with Gasteiger partial charge in [0.2, 0.25) is 0 Å². The summed E-state index contributed by atoms with van der Waals surface area (Å²) >= 11 is 0. The van der Waals surface area contributed by atoms with Gasteiger partial charge in [0.25, 0.3) is 0 Å². The average molecular weight is 244 g/mol. The maximum absolute atomic E-state index is 8.70. The summed E-state index contributed by atoms with van der Waals surface area (Å²) in [6, 6.07) is 10.7. The summed E-state index contributed by atoms with van der Waals surface area (Å²) in [6.07, 6.45) is 1.95. The van der Waals surface area contributed by atoms with Crippen LogP contribution < -0.4 is 0 Å². The monoisotopic (exact) mass is 244 g/mol. The second-order valence-corrected chi connectivity index (χ2v) is 11.2. The van der Waals surface area contributed by atoms with Crippen LogP contribution in [0.5, 0.6) is 0 Å². The van der Waals surface area contributed by atoms with E-state index in [9.17, 15) is 0 Å². The molecule has 0 bridgehead atoms. The number of rotatable bonds is 5. The minimum absolute atomic E-state index is 0.656. The van der Waals surface area contributed by atoms with Crippen molar-refractivity contribution in [1.29, 1.82) is 10.7 Å². The third-order valence-electron chi connectivity index (χ3n) is 2.72. The Morgan fingerprint density at radius 3 is 2.29 bits per heavy atom. The van der Waals surface area contributed by atoms with Gasteiger partial charge < -0.3 is 5.41 Å². The fourth-order valence-corrected chi connectivity index (χ4v) is 2.92. The molecule has 0 saturated carbocycles. The molecule has 0 spiro atoms. The molecule has 1 aromatic rings. The van der Waals surface area contributed by atoms with Gasteiger partial charge >= 0.3 is 0 Å². The van der Waals surface area contributed by atoms with E-state index in [1.54, 1.807) is 12.1 Å². The summed E-state index contributed by atoms with van der Waals surface area (Å²) in [7, 11) is -0.979. The fraction of sp³-hybridized carbons (Fsp3) is 0.429. The highest BCUT2D eigenvalue weighted by atomic mass is 28.3. The van der Waals surface area contributed by atoms with Crippen LogP contribution in [0.2, 0.25) is 25.7 Å².